The van der Waals surface area contributed by atoms with Crippen LogP contribution in [0.4, 0.5) is 15.9 Å². The number of anilines is 2. The summed E-state index contributed by atoms with van der Waals surface area (Å²) in [6, 6.07) is 9.37. The lowest BCUT2D eigenvalue weighted by Crippen LogP contribution is -2.46. The molecule has 1 aromatic carbocycles. The number of benzene rings is 1. The van der Waals surface area contributed by atoms with Crippen LogP contribution in [0.2, 0.25) is 0 Å². The van der Waals surface area contributed by atoms with Gasteiger partial charge in [-0.05, 0) is 48.6 Å². The van der Waals surface area contributed by atoms with Crippen molar-refractivity contribution in [2.45, 2.75) is 32.7 Å². The molecule has 162 valence electrons. The Morgan fingerprint density at radius 1 is 1.16 bits per heavy atom. The number of H-pyrrole nitrogens is 1. The first-order valence-electron chi connectivity index (χ1n) is 11.2. The Bertz CT molecular complexity index is 1170. The highest BCUT2D eigenvalue weighted by molar-refractivity contribution is 5.96. The fraction of sp³-hybridized carbons (Fsp3) is 0.417. The molecule has 4 heterocycles. The summed E-state index contributed by atoms with van der Waals surface area (Å²) >= 11 is 0. The summed E-state index contributed by atoms with van der Waals surface area (Å²) in [6.07, 6.45) is 2.75. The van der Waals surface area contributed by atoms with E-state index >= 15 is 0 Å². The summed E-state index contributed by atoms with van der Waals surface area (Å²) in [7, 11) is 0. The van der Waals surface area contributed by atoms with Gasteiger partial charge >= 0.3 is 0 Å². The number of piperazine rings is 1. The van der Waals surface area contributed by atoms with Gasteiger partial charge in [0.05, 0.1) is 11.2 Å². The lowest BCUT2D eigenvalue weighted by Gasteiger charge is -2.35. The molecule has 3 aromatic rings. The third-order valence-electron chi connectivity index (χ3n) is 6.44. The molecule has 2 N–H and O–H groups in total. The van der Waals surface area contributed by atoms with Gasteiger partial charge in [0.25, 0.3) is 5.56 Å². The van der Waals surface area contributed by atoms with E-state index in [1.807, 2.05) is 6.07 Å². The fourth-order valence-electron chi connectivity index (χ4n) is 4.87. The van der Waals surface area contributed by atoms with Crippen LogP contribution in [-0.4, -0.2) is 47.6 Å². The van der Waals surface area contributed by atoms with E-state index in [2.05, 4.69) is 44.1 Å². The van der Waals surface area contributed by atoms with Crippen LogP contribution >= 0.6 is 0 Å². The van der Waals surface area contributed by atoms with Crippen molar-refractivity contribution < 1.29 is 4.39 Å². The van der Waals surface area contributed by atoms with Gasteiger partial charge in [0.15, 0.2) is 0 Å². The first-order chi connectivity index (χ1) is 15.1. The minimum atomic E-state index is -0.436. The number of hydrogen-bond donors (Lipinski definition) is 2. The number of nitrogens with zero attached hydrogens (tertiary/aromatic N) is 3. The molecule has 2 aromatic heterocycles. The Labute approximate surface area is 181 Å². The second-order valence-electron chi connectivity index (χ2n) is 8.45. The van der Waals surface area contributed by atoms with Crippen LogP contribution in [0.1, 0.15) is 30.0 Å². The molecule has 6 nitrogen and oxygen atoms in total. The lowest BCUT2D eigenvalue weighted by atomic mass is 9.95. The van der Waals surface area contributed by atoms with Crippen LogP contribution in [0, 0.1) is 5.95 Å². The summed E-state index contributed by atoms with van der Waals surface area (Å²) in [4.78, 5) is 24.3. The van der Waals surface area contributed by atoms with Crippen molar-refractivity contribution in [3.63, 3.8) is 0 Å². The van der Waals surface area contributed by atoms with E-state index in [0.29, 0.717) is 5.82 Å². The maximum Gasteiger partial charge on any atom is 0.253 e. The predicted octanol–water partition coefficient (Wildman–Crippen LogP) is 3.30. The van der Waals surface area contributed by atoms with E-state index in [1.54, 1.807) is 6.07 Å². The molecule has 5 rings (SSSR count). The Balaban J connectivity index is 1.37. The number of fused-ring (bicyclic) bond motifs is 3. The molecule has 0 amide bonds. The zero-order chi connectivity index (χ0) is 21.4. The van der Waals surface area contributed by atoms with Crippen LogP contribution in [0.15, 0.2) is 35.1 Å². The summed E-state index contributed by atoms with van der Waals surface area (Å²) in [5, 5.41) is 4.65. The van der Waals surface area contributed by atoms with E-state index in [1.165, 1.54) is 22.6 Å². The van der Waals surface area contributed by atoms with E-state index in [9.17, 15) is 9.18 Å². The third kappa shape index (κ3) is 3.90. The number of hydrogen-bond acceptors (Lipinski definition) is 5. The minimum absolute atomic E-state index is 0.0325. The number of pyridine rings is 2. The molecule has 1 fully saturated rings. The Morgan fingerprint density at radius 3 is 2.77 bits per heavy atom. The molecular weight excluding hydrogens is 393 g/mol. The molecule has 0 radical (unpaired) electrons. The topological polar surface area (TPSA) is 64.3 Å². The minimum Gasteiger partial charge on any atom is -0.384 e. The monoisotopic (exact) mass is 421 g/mol. The third-order valence-corrected chi connectivity index (χ3v) is 6.44. The lowest BCUT2D eigenvalue weighted by molar-refractivity contribution is 0.249. The fourth-order valence-corrected chi connectivity index (χ4v) is 4.87. The Kier molecular flexibility index (Phi) is 5.36. The summed E-state index contributed by atoms with van der Waals surface area (Å²) in [6.45, 7) is 7.34. The van der Waals surface area contributed by atoms with Gasteiger partial charge in [0, 0.05) is 50.2 Å². The Morgan fingerprint density at radius 2 is 2.00 bits per heavy atom. The zero-order valence-corrected chi connectivity index (χ0v) is 17.9. The molecule has 0 saturated carbocycles. The van der Waals surface area contributed by atoms with Crippen molar-refractivity contribution in [3.8, 4) is 0 Å². The van der Waals surface area contributed by atoms with Gasteiger partial charge in [0.1, 0.15) is 5.82 Å². The van der Waals surface area contributed by atoms with Crippen LogP contribution in [-0.2, 0) is 19.4 Å². The van der Waals surface area contributed by atoms with Crippen LogP contribution < -0.4 is 15.8 Å². The average molecular weight is 422 g/mol. The normalized spacial score (nSPS) is 16.9. The van der Waals surface area contributed by atoms with Crippen molar-refractivity contribution in [2.75, 3.05) is 42.9 Å². The second kappa shape index (κ2) is 8.30. The van der Waals surface area contributed by atoms with Crippen molar-refractivity contribution in [2.24, 2.45) is 0 Å². The van der Waals surface area contributed by atoms with E-state index in [4.69, 9.17) is 0 Å². The number of aryl methyl sites for hydroxylation is 1. The number of nitrogens with one attached hydrogen (secondary N) is 2. The molecule has 0 spiro atoms. The molecule has 2 aliphatic rings. The molecular formula is C24H28FN5O. The SMILES string of the molecule is CCc1cc(CN2CCN(c3cccc(F)n3)CC2)cc2[nH]c(=O)c3c(c12)NCCC3. The van der Waals surface area contributed by atoms with Gasteiger partial charge in [-0.25, -0.2) is 4.98 Å². The first kappa shape index (κ1) is 20.0. The molecule has 0 unspecified atom stereocenters. The highest BCUT2D eigenvalue weighted by Gasteiger charge is 2.21. The van der Waals surface area contributed by atoms with Gasteiger partial charge in [-0.1, -0.05) is 19.1 Å². The molecule has 31 heavy (non-hydrogen) atoms. The predicted molar refractivity (Wildman–Crippen MR) is 122 cm³/mol. The van der Waals surface area contributed by atoms with Crippen LogP contribution in [0.5, 0.6) is 0 Å². The Hall–Kier alpha value is -2.93. The molecule has 0 atom stereocenters. The van der Waals surface area contributed by atoms with Crippen LogP contribution in [0.25, 0.3) is 10.9 Å². The summed E-state index contributed by atoms with van der Waals surface area (Å²) in [5.41, 5.74) is 5.37. The standard InChI is InChI=1S/C24H28FN5O/c1-2-17-13-16(14-19-22(17)23-18(24(31)27-19)5-4-8-26-23)15-29-9-11-30(12-10-29)21-7-3-6-20(25)28-21/h3,6-7,13-14,26H,2,4-5,8-12,15H2,1H3,(H,27,31). The molecule has 0 bridgehead atoms. The maximum absolute atomic E-state index is 13.4. The zero-order valence-electron chi connectivity index (χ0n) is 17.9. The van der Waals surface area contributed by atoms with Crippen molar-refractivity contribution >= 4 is 22.4 Å². The van der Waals surface area contributed by atoms with Gasteiger partial charge < -0.3 is 15.2 Å². The molecule has 1 saturated heterocycles. The summed E-state index contributed by atoms with van der Waals surface area (Å²) < 4.78 is 13.4. The van der Waals surface area contributed by atoms with E-state index in [0.717, 1.165) is 75.3 Å². The highest BCUT2D eigenvalue weighted by Crippen LogP contribution is 2.32. The maximum atomic E-state index is 13.4. The van der Waals surface area contributed by atoms with Gasteiger partial charge in [0.2, 0.25) is 5.95 Å². The number of halogens is 1. The van der Waals surface area contributed by atoms with Gasteiger partial charge in [-0.3, -0.25) is 9.69 Å². The quantitative estimate of drug-likeness (QED) is 0.633. The highest BCUT2D eigenvalue weighted by atomic mass is 19.1. The van der Waals surface area contributed by atoms with E-state index < -0.39 is 5.95 Å². The van der Waals surface area contributed by atoms with Gasteiger partial charge in [-0.15, -0.1) is 0 Å². The average Bonchev–Trinajstić information content (AvgIpc) is 2.79. The summed E-state index contributed by atoms with van der Waals surface area (Å²) in [5.74, 6) is 0.266. The number of rotatable bonds is 4. The van der Waals surface area contributed by atoms with Crippen molar-refractivity contribution in [3.05, 3.63) is 63.3 Å². The molecule has 0 aliphatic carbocycles. The van der Waals surface area contributed by atoms with E-state index in [-0.39, 0.29) is 5.56 Å². The molecule has 2 aliphatic heterocycles. The second-order valence-corrected chi connectivity index (χ2v) is 8.45. The largest absolute Gasteiger partial charge is 0.384 e. The van der Waals surface area contributed by atoms with Gasteiger partial charge in [-0.2, -0.15) is 4.39 Å². The first-order valence-corrected chi connectivity index (χ1v) is 11.2. The van der Waals surface area contributed by atoms with Crippen molar-refractivity contribution in [1.82, 2.24) is 14.9 Å². The number of aromatic nitrogens is 2. The van der Waals surface area contributed by atoms with Crippen molar-refractivity contribution in [1.29, 1.82) is 0 Å². The number of aromatic amines is 1. The molecule has 7 heteroatoms. The van der Waals surface area contributed by atoms with Crippen LogP contribution in [0.3, 0.4) is 0 Å². The smallest absolute Gasteiger partial charge is 0.253 e.